The van der Waals surface area contributed by atoms with Gasteiger partial charge in [0.1, 0.15) is 11.4 Å². The van der Waals surface area contributed by atoms with Crippen molar-refractivity contribution in [3.63, 3.8) is 0 Å². The van der Waals surface area contributed by atoms with E-state index in [9.17, 15) is 9.18 Å². The van der Waals surface area contributed by atoms with Crippen molar-refractivity contribution in [2.45, 2.75) is 6.54 Å². The van der Waals surface area contributed by atoms with E-state index in [-0.39, 0.29) is 11.3 Å². The van der Waals surface area contributed by atoms with Crippen LogP contribution in [0.25, 0.3) is 0 Å². The molecule has 2 rings (SSSR count). The van der Waals surface area contributed by atoms with E-state index in [0.29, 0.717) is 12.2 Å². The summed E-state index contributed by atoms with van der Waals surface area (Å²) in [5.74, 6) is -1.99. The third-order valence-corrected chi connectivity index (χ3v) is 4.18. The maximum Gasteiger partial charge on any atom is 0.340 e. The lowest BCUT2D eigenvalue weighted by atomic mass is 10.1. The van der Waals surface area contributed by atoms with Crippen LogP contribution in [0.5, 0.6) is 0 Å². The van der Waals surface area contributed by atoms with Gasteiger partial charge >= 0.3 is 5.97 Å². The predicted octanol–water partition coefficient (Wildman–Crippen LogP) is 3.54. The van der Waals surface area contributed by atoms with Crippen molar-refractivity contribution in [3.8, 4) is 0 Å². The molecule has 0 atom stereocenters. The number of thiophene rings is 1. The number of benzene rings is 1. The summed E-state index contributed by atoms with van der Waals surface area (Å²) in [4.78, 5) is 12.1. The molecule has 0 unspecified atom stereocenters. The standard InChI is InChI=1S/C12H10BrFN2O2S/c13-6-3-7(19-5-6)4-16-9-2-1-8(14)11(15)10(9)12(17)18/h1-3,5,16H,4,15H2,(H,17,18). The van der Waals surface area contributed by atoms with Crippen LogP contribution in [-0.4, -0.2) is 11.1 Å². The zero-order valence-corrected chi connectivity index (χ0v) is 12.0. The number of nitrogens with two attached hydrogens (primary N) is 1. The Morgan fingerprint density at radius 3 is 2.84 bits per heavy atom. The van der Waals surface area contributed by atoms with Crippen LogP contribution in [0.15, 0.2) is 28.1 Å². The Kier molecular flexibility index (Phi) is 4.06. The average Bonchev–Trinajstić information content (AvgIpc) is 2.76. The Morgan fingerprint density at radius 2 is 2.26 bits per heavy atom. The fourth-order valence-corrected chi connectivity index (χ4v) is 2.99. The van der Waals surface area contributed by atoms with Crippen molar-refractivity contribution in [1.82, 2.24) is 0 Å². The first kappa shape index (κ1) is 13.8. The minimum absolute atomic E-state index is 0.240. The second kappa shape index (κ2) is 5.58. The summed E-state index contributed by atoms with van der Waals surface area (Å²) in [6, 6.07) is 4.44. The Bertz CT molecular complexity index is 630. The van der Waals surface area contributed by atoms with Crippen LogP contribution in [0.2, 0.25) is 0 Å². The van der Waals surface area contributed by atoms with E-state index < -0.39 is 11.8 Å². The summed E-state index contributed by atoms with van der Waals surface area (Å²) in [5, 5.41) is 14.0. The fraction of sp³-hybridized carbons (Fsp3) is 0.0833. The van der Waals surface area contributed by atoms with Crippen LogP contribution in [0.4, 0.5) is 15.8 Å². The minimum atomic E-state index is -1.26. The number of carboxylic acid groups (broad SMARTS) is 1. The molecule has 1 heterocycles. The SMILES string of the molecule is Nc1c(F)ccc(NCc2cc(Br)cs2)c1C(=O)O. The topological polar surface area (TPSA) is 75.3 Å². The minimum Gasteiger partial charge on any atom is -0.478 e. The lowest BCUT2D eigenvalue weighted by molar-refractivity contribution is 0.0698. The molecule has 4 N–H and O–H groups in total. The fourth-order valence-electron chi connectivity index (χ4n) is 1.60. The molecule has 19 heavy (non-hydrogen) atoms. The van der Waals surface area contributed by atoms with Crippen LogP contribution in [-0.2, 0) is 6.54 Å². The van der Waals surface area contributed by atoms with Crippen molar-refractivity contribution < 1.29 is 14.3 Å². The normalized spacial score (nSPS) is 10.4. The Morgan fingerprint density at radius 1 is 1.53 bits per heavy atom. The van der Waals surface area contributed by atoms with Crippen LogP contribution >= 0.6 is 27.3 Å². The number of hydrogen-bond acceptors (Lipinski definition) is 4. The summed E-state index contributed by atoms with van der Waals surface area (Å²) in [6.07, 6.45) is 0. The van der Waals surface area contributed by atoms with Gasteiger partial charge in [0, 0.05) is 21.3 Å². The van der Waals surface area contributed by atoms with Gasteiger partial charge in [0.25, 0.3) is 0 Å². The highest BCUT2D eigenvalue weighted by atomic mass is 79.9. The Labute approximate surface area is 121 Å². The summed E-state index contributed by atoms with van der Waals surface area (Å²) in [6.45, 7) is 0.446. The molecule has 4 nitrogen and oxygen atoms in total. The molecular weight excluding hydrogens is 335 g/mol. The number of carboxylic acids is 1. The molecule has 7 heteroatoms. The molecule has 0 bridgehead atoms. The van der Waals surface area contributed by atoms with Gasteiger partial charge in [0.15, 0.2) is 0 Å². The number of carbonyl (C=O) groups is 1. The number of halogens is 2. The number of nitrogen functional groups attached to an aromatic ring is 1. The predicted molar refractivity (Wildman–Crippen MR) is 77.1 cm³/mol. The van der Waals surface area contributed by atoms with Gasteiger partial charge in [-0.15, -0.1) is 11.3 Å². The third kappa shape index (κ3) is 3.05. The largest absolute Gasteiger partial charge is 0.478 e. The molecule has 0 fully saturated rings. The summed E-state index contributed by atoms with van der Waals surface area (Å²) in [5.41, 5.74) is 5.16. The van der Waals surface area contributed by atoms with Gasteiger partial charge in [-0.3, -0.25) is 0 Å². The van der Waals surface area contributed by atoms with Crippen LogP contribution in [0.3, 0.4) is 0 Å². The highest BCUT2D eigenvalue weighted by molar-refractivity contribution is 9.10. The highest BCUT2D eigenvalue weighted by Gasteiger charge is 2.17. The zero-order chi connectivity index (χ0) is 14.0. The maximum absolute atomic E-state index is 13.3. The molecule has 0 aliphatic carbocycles. The molecule has 0 spiro atoms. The van der Waals surface area contributed by atoms with E-state index in [2.05, 4.69) is 21.2 Å². The summed E-state index contributed by atoms with van der Waals surface area (Å²) >= 11 is 4.86. The van der Waals surface area contributed by atoms with E-state index in [1.54, 1.807) is 0 Å². The van der Waals surface area contributed by atoms with Gasteiger partial charge < -0.3 is 16.2 Å². The number of anilines is 2. The maximum atomic E-state index is 13.3. The van der Waals surface area contributed by atoms with Gasteiger partial charge in [-0.2, -0.15) is 0 Å². The van der Waals surface area contributed by atoms with Crippen molar-refractivity contribution in [2.75, 3.05) is 11.1 Å². The van der Waals surface area contributed by atoms with Gasteiger partial charge in [0.2, 0.25) is 0 Å². The molecule has 0 aliphatic rings. The second-order valence-electron chi connectivity index (χ2n) is 3.77. The highest BCUT2D eigenvalue weighted by Crippen LogP contribution is 2.27. The molecule has 0 amide bonds. The average molecular weight is 345 g/mol. The molecule has 2 aromatic rings. The van der Waals surface area contributed by atoms with Crippen LogP contribution in [0, 0.1) is 5.82 Å². The number of nitrogens with one attached hydrogen (secondary N) is 1. The van der Waals surface area contributed by atoms with Gasteiger partial charge in [-0.1, -0.05) is 0 Å². The molecule has 100 valence electrons. The zero-order valence-electron chi connectivity index (χ0n) is 9.61. The molecule has 1 aromatic carbocycles. The molecule has 0 saturated heterocycles. The molecule has 0 radical (unpaired) electrons. The Balaban J connectivity index is 2.25. The second-order valence-corrected chi connectivity index (χ2v) is 5.69. The van der Waals surface area contributed by atoms with Crippen molar-refractivity contribution in [1.29, 1.82) is 0 Å². The smallest absolute Gasteiger partial charge is 0.340 e. The van der Waals surface area contributed by atoms with E-state index >= 15 is 0 Å². The molecular formula is C12H10BrFN2O2S. The first-order valence-corrected chi connectivity index (χ1v) is 6.94. The first-order valence-electron chi connectivity index (χ1n) is 5.27. The molecule has 0 saturated carbocycles. The quantitative estimate of drug-likeness (QED) is 0.741. The van der Waals surface area contributed by atoms with Gasteiger partial charge in [-0.05, 0) is 34.1 Å². The third-order valence-electron chi connectivity index (χ3n) is 2.48. The van der Waals surface area contributed by atoms with Crippen molar-refractivity contribution >= 4 is 44.6 Å². The summed E-state index contributed by atoms with van der Waals surface area (Å²) in [7, 11) is 0. The van der Waals surface area contributed by atoms with Gasteiger partial charge in [-0.25, -0.2) is 9.18 Å². The number of aromatic carboxylic acids is 1. The Hall–Kier alpha value is -1.60. The van der Waals surface area contributed by atoms with E-state index in [1.807, 2.05) is 11.4 Å². The van der Waals surface area contributed by atoms with E-state index in [0.717, 1.165) is 15.4 Å². The summed E-state index contributed by atoms with van der Waals surface area (Å²) < 4.78 is 14.2. The van der Waals surface area contributed by atoms with Crippen LogP contribution < -0.4 is 11.1 Å². The van der Waals surface area contributed by atoms with Crippen LogP contribution in [0.1, 0.15) is 15.2 Å². The monoisotopic (exact) mass is 344 g/mol. The first-order chi connectivity index (χ1) is 8.99. The number of rotatable bonds is 4. The molecule has 1 aromatic heterocycles. The van der Waals surface area contributed by atoms with Crippen molar-refractivity contribution in [3.05, 3.63) is 44.3 Å². The number of hydrogen-bond donors (Lipinski definition) is 3. The van der Waals surface area contributed by atoms with E-state index in [4.69, 9.17) is 10.8 Å². The lowest BCUT2D eigenvalue weighted by Gasteiger charge is -2.11. The van der Waals surface area contributed by atoms with E-state index in [1.165, 1.54) is 17.4 Å². The van der Waals surface area contributed by atoms with Gasteiger partial charge in [0.05, 0.1) is 11.4 Å². The lowest BCUT2D eigenvalue weighted by Crippen LogP contribution is -2.10. The van der Waals surface area contributed by atoms with Crippen molar-refractivity contribution in [2.24, 2.45) is 0 Å². The molecule has 0 aliphatic heterocycles.